The number of unbranched alkanes of at least 4 members (excludes halogenated alkanes) is 2. The van der Waals surface area contributed by atoms with E-state index < -0.39 is 24.1 Å². The molecular formula is C42H49N3O10. The molecule has 0 saturated carbocycles. The number of hydrogen-bond donors (Lipinski definition) is 6. The van der Waals surface area contributed by atoms with Gasteiger partial charge in [-0.25, -0.2) is 9.78 Å². The van der Waals surface area contributed by atoms with Gasteiger partial charge in [0.2, 0.25) is 17.7 Å². The van der Waals surface area contributed by atoms with Crippen LogP contribution in [-0.4, -0.2) is 77.1 Å². The number of hydrogen-bond acceptors (Lipinski definition) is 10. The van der Waals surface area contributed by atoms with Crippen LogP contribution in [0, 0.1) is 0 Å². The number of ether oxygens (including phenoxy) is 1. The normalized spacial score (nSPS) is 12.1. The third kappa shape index (κ3) is 14.3. The van der Waals surface area contributed by atoms with E-state index in [1.54, 1.807) is 97.1 Å². The van der Waals surface area contributed by atoms with Crippen molar-refractivity contribution in [1.82, 2.24) is 16.0 Å². The second-order valence-electron chi connectivity index (χ2n) is 13.1. The molecule has 0 aromatic heterocycles. The van der Waals surface area contributed by atoms with E-state index in [4.69, 9.17) is 15.3 Å². The molecule has 0 spiro atoms. The zero-order chi connectivity index (χ0) is 39.4. The molecule has 4 aromatic carbocycles. The van der Waals surface area contributed by atoms with E-state index >= 15 is 0 Å². The number of benzene rings is 4. The molecule has 4 rings (SSSR count). The Balaban J connectivity index is 1.52. The number of amides is 3. The summed E-state index contributed by atoms with van der Waals surface area (Å²) in [6.07, 6.45) is 2.52. The maximum atomic E-state index is 14.1. The summed E-state index contributed by atoms with van der Waals surface area (Å²) in [7, 11) is 0. The van der Waals surface area contributed by atoms with Crippen molar-refractivity contribution in [1.29, 1.82) is 0 Å². The van der Waals surface area contributed by atoms with Crippen molar-refractivity contribution in [2.45, 2.75) is 70.1 Å². The monoisotopic (exact) mass is 755 g/mol. The van der Waals surface area contributed by atoms with Gasteiger partial charge in [0.1, 0.15) is 36.8 Å². The van der Waals surface area contributed by atoms with E-state index in [-0.39, 0.29) is 55.8 Å². The van der Waals surface area contributed by atoms with E-state index in [1.165, 1.54) is 0 Å². The largest absolute Gasteiger partial charge is 0.508 e. The molecule has 0 fully saturated rings. The lowest BCUT2D eigenvalue weighted by atomic mass is 9.98. The summed E-state index contributed by atoms with van der Waals surface area (Å²) in [5.41, 5.74) is 3.25. The van der Waals surface area contributed by atoms with Crippen LogP contribution in [0.3, 0.4) is 0 Å². The molecule has 2 unspecified atom stereocenters. The zero-order valence-corrected chi connectivity index (χ0v) is 30.8. The molecule has 4 aromatic rings. The molecule has 13 nitrogen and oxygen atoms in total. The number of ketones is 1. The molecule has 0 radical (unpaired) electrons. The summed E-state index contributed by atoms with van der Waals surface area (Å²) in [6, 6.07) is 26.9. The van der Waals surface area contributed by atoms with Gasteiger partial charge >= 0.3 is 0 Å². The second-order valence-corrected chi connectivity index (χ2v) is 13.1. The van der Waals surface area contributed by atoms with Gasteiger partial charge < -0.3 is 25.8 Å². The van der Waals surface area contributed by atoms with Crippen molar-refractivity contribution in [2.24, 2.45) is 0 Å². The topological polar surface area (TPSA) is 193 Å². The van der Waals surface area contributed by atoms with Gasteiger partial charge in [-0.15, -0.1) is 0 Å². The highest BCUT2D eigenvalue weighted by Gasteiger charge is 2.28. The van der Waals surface area contributed by atoms with Crippen molar-refractivity contribution in [3.05, 3.63) is 131 Å². The number of phenols is 1. The minimum atomic E-state index is -1.06. The van der Waals surface area contributed by atoms with Crippen LogP contribution in [0.5, 0.6) is 11.5 Å². The van der Waals surface area contributed by atoms with E-state index in [0.29, 0.717) is 41.0 Å². The number of nitrogens with one attached hydrogen (secondary N) is 3. The Hall–Kier alpha value is -5.60. The van der Waals surface area contributed by atoms with Crippen molar-refractivity contribution in [3.8, 4) is 11.5 Å². The second kappa shape index (κ2) is 22.6. The number of aromatic hydroxyl groups is 1. The van der Waals surface area contributed by atoms with Crippen LogP contribution in [0.25, 0.3) is 0 Å². The number of rotatable bonds is 23. The standard InChI is InChI=1S/C42H49N3O10/c1-2-3-7-24-43-41(49)37(25-31-14-21-35(22-15-31)55-36(27-53-51)28-54-52)45-42(50)38(44-39(47)23-16-29-12-19-34(46)20-13-29)26-30-10-17-33(18-11-30)40(48)32-8-5-4-6-9-32/h4-6,8-15,17-22,36-38,46,51-52H,2-3,7,16,23-28H2,1H3,(H,43,49)(H,44,47)(H,45,50). The van der Waals surface area contributed by atoms with E-state index in [9.17, 15) is 24.3 Å². The zero-order valence-electron chi connectivity index (χ0n) is 30.8. The Bertz CT molecular complexity index is 1780. The van der Waals surface area contributed by atoms with Crippen LogP contribution >= 0.6 is 0 Å². The van der Waals surface area contributed by atoms with Gasteiger partial charge in [0, 0.05) is 36.9 Å². The van der Waals surface area contributed by atoms with E-state index in [1.807, 2.05) is 6.07 Å². The molecule has 0 aliphatic heterocycles. The van der Waals surface area contributed by atoms with Crippen molar-refractivity contribution >= 4 is 23.5 Å². The maximum Gasteiger partial charge on any atom is 0.243 e. The first-order valence-corrected chi connectivity index (χ1v) is 18.3. The van der Waals surface area contributed by atoms with Crippen LogP contribution in [0.1, 0.15) is 65.2 Å². The predicted molar refractivity (Wildman–Crippen MR) is 205 cm³/mol. The molecule has 13 heteroatoms. The lowest BCUT2D eigenvalue weighted by Crippen LogP contribution is -2.55. The summed E-state index contributed by atoms with van der Waals surface area (Å²) < 4.78 is 5.68. The van der Waals surface area contributed by atoms with Gasteiger partial charge in [0.25, 0.3) is 0 Å². The van der Waals surface area contributed by atoms with Crippen LogP contribution in [0.4, 0.5) is 0 Å². The average molecular weight is 756 g/mol. The Morgan fingerprint density at radius 3 is 1.82 bits per heavy atom. The van der Waals surface area contributed by atoms with Gasteiger partial charge in [0.05, 0.1) is 0 Å². The molecular weight excluding hydrogens is 706 g/mol. The fraction of sp³-hybridized carbons (Fsp3) is 0.333. The highest BCUT2D eigenvalue weighted by Crippen LogP contribution is 2.17. The number of carbonyl (C=O) groups excluding carboxylic acids is 4. The number of aryl methyl sites for hydroxylation is 1. The van der Waals surface area contributed by atoms with Gasteiger partial charge in [-0.3, -0.25) is 29.7 Å². The number of phenolic OH excluding ortho intramolecular Hbond substituents is 1. The first kappa shape index (κ1) is 42.1. The SMILES string of the molecule is CCCCCNC(=O)C(Cc1ccc(OC(COO)COO)cc1)NC(=O)C(Cc1ccc(C(=O)c2ccccc2)cc1)NC(=O)CCc1ccc(O)cc1. The highest BCUT2D eigenvalue weighted by molar-refractivity contribution is 6.09. The van der Waals surface area contributed by atoms with Crippen LogP contribution in [-0.2, 0) is 43.4 Å². The summed E-state index contributed by atoms with van der Waals surface area (Å²) in [5.74, 6) is -0.965. The minimum absolute atomic E-state index is 0.0740. The third-order valence-electron chi connectivity index (χ3n) is 8.82. The average Bonchev–Trinajstić information content (AvgIpc) is 3.20. The van der Waals surface area contributed by atoms with Gasteiger partial charge in [-0.1, -0.05) is 98.6 Å². The molecule has 3 amide bonds. The molecule has 0 aliphatic carbocycles. The van der Waals surface area contributed by atoms with E-state index in [2.05, 4.69) is 32.6 Å². The molecule has 0 heterocycles. The fourth-order valence-corrected chi connectivity index (χ4v) is 5.79. The maximum absolute atomic E-state index is 14.1. The highest BCUT2D eigenvalue weighted by atomic mass is 17.1. The molecule has 55 heavy (non-hydrogen) atoms. The lowest BCUT2D eigenvalue weighted by Gasteiger charge is -2.24. The Kier molecular flexibility index (Phi) is 17.3. The van der Waals surface area contributed by atoms with Gasteiger partial charge in [0.15, 0.2) is 11.9 Å². The molecule has 0 saturated heterocycles. The van der Waals surface area contributed by atoms with Crippen molar-refractivity contribution < 1.29 is 49.3 Å². The van der Waals surface area contributed by atoms with Gasteiger partial charge in [-0.2, -0.15) is 0 Å². The first-order valence-electron chi connectivity index (χ1n) is 18.3. The quantitative estimate of drug-likeness (QED) is 0.0259. The molecule has 6 N–H and O–H groups in total. The smallest absolute Gasteiger partial charge is 0.243 e. The predicted octanol–water partition coefficient (Wildman–Crippen LogP) is 5.04. The van der Waals surface area contributed by atoms with E-state index in [0.717, 1.165) is 24.8 Å². The Morgan fingerprint density at radius 2 is 1.22 bits per heavy atom. The van der Waals surface area contributed by atoms with Crippen LogP contribution in [0.15, 0.2) is 103 Å². The summed E-state index contributed by atoms with van der Waals surface area (Å²) in [5, 5.41) is 35.8. The minimum Gasteiger partial charge on any atom is -0.508 e. The third-order valence-corrected chi connectivity index (χ3v) is 8.82. The summed E-state index contributed by atoms with van der Waals surface area (Å²) in [4.78, 5) is 62.1. The first-order chi connectivity index (χ1) is 26.7. The molecule has 0 aliphatic rings. The summed E-state index contributed by atoms with van der Waals surface area (Å²) in [6.45, 7) is 1.98. The lowest BCUT2D eigenvalue weighted by molar-refractivity contribution is -0.286. The van der Waals surface area contributed by atoms with Gasteiger partial charge in [-0.05, 0) is 53.8 Å². The molecule has 292 valence electrons. The molecule has 2 atom stereocenters. The Morgan fingerprint density at radius 1 is 0.655 bits per heavy atom. The fourth-order valence-electron chi connectivity index (χ4n) is 5.79. The van der Waals surface area contributed by atoms with Crippen molar-refractivity contribution in [2.75, 3.05) is 19.8 Å². The Labute approximate surface area is 320 Å². The van der Waals surface area contributed by atoms with Crippen LogP contribution in [0.2, 0.25) is 0 Å². The molecule has 0 bridgehead atoms. The summed E-state index contributed by atoms with van der Waals surface area (Å²) >= 11 is 0. The number of carbonyl (C=O) groups is 4. The van der Waals surface area contributed by atoms with Crippen molar-refractivity contribution in [3.63, 3.8) is 0 Å². The van der Waals surface area contributed by atoms with Crippen LogP contribution < -0.4 is 20.7 Å².